The molecule has 226 valence electrons. The normalized spacial score (nSPS) is 16.1. The lowest BCUT2D eigenvalue weighted by atomic mass is 10.0. The van der Waals surface area contributed by atoms with Gasteiger partial charge in [-0.05, 0) is 79.8 Å². The molecule has 4 rings (SSSR count). The molecule has 1 N–H and O–H groups in total. The largest absolute Gasteiger partial charge is 0.444 e. The Balaban J connectivity index is 1.45. The van der Waals surface area contributed by atoms with E-state index < -0.39 is 20.0 Å². The highest BCUT2D eigenvalue weighted by Gasteiger charge is 2.50. The van der Waals surface area contributed by atoms with E-state index in [0.717, 1.165) is 31.6 Å². The summed E-state index contributed by atoms with van der Waals surface area (Å²) in [5.41, 5.74) is 2.69. The zero-order valence-corrected chi connectivity index (χ0v) is 27.7. The van der Waals surface area contributed by atoms with Crippen LogP contribution in [0, 0.1) is 0 Å². The molecular weight excluding hydrogens is 538 g/mol. The fourth-order valence-corrected chi connectivity index (χ4v) is 10.7. The predicted octanol–water partition coefficient (Wildman–Crippen LogP) is 6.29. The molecule has 1 aliphatic rings. The average Bonchev–Trinajstić information content (AvgIpc) is 3.08. The van der Waals surface area contributed by atoms with Crippen LogP contribution in [0.2, 0.25) is 5.04 Å². The Morgan fingerprint density at radius 2 is 1.55 bits per heavy atom. The number of rotatable bonds is 8. The lowest BCUT2D eigenvalue weighted by Gasteiger charge is -2.43. The molecule has 0 aliphatic carbocycles. The number of likely N-dealkylation sites (N-methyl/N-ethyl adjacent to an activating group) is 2. The van der Waals surface area contributed by atoms with Crippen molar-refractivity contribution in [3.8, 4) is 0 Å². The van der Waals surface area contributed by atoms with Gasteiger partial charge in [0, 0.05) is 44.2 Å². The number of carbonyl (C=O) groups excluding carboxylic acids is 1. The molecule has 0 spiro atoms. The van der Waals surface area contributed by atoms with Gasteiger partial charge in [-0.15, -0.1) is 0 Å². The molecule has 1 unspecified atom stereocenters. The van der Waals surface area contributed by atoms with Crippen LogP contribution >= 0.6 is 0 Å². The van der Waals surface area contributed by atoms with Crippen LogP contribution in [-0.4, -0.2) is 64.7 Å². The maximum absolute atomic E-state index is 12.3. The fourth-order valence-electron chi connectivity index (χ4n) is 6.13. The summed E-state index contributed by atoms with van der Waals surface area (Å²) in [7, 11) is 1.82. The zero-order valence-electron chi connectivity index (χ0n) is 26.7. The van der Waals surface area contributed by atoms with E-state index in [4.69, 9.17) is 9.16 Å². The van der Waals surface area contributed by atoms with Crippen molar-refractivity contribution in [2.75, 3.05) is 44.0 Å². The van der Waals surface area contributed by atoms with Gasteiger partial charge in [-0.3, -0.25) is 10.2 Å². The molecule has 1 aliphatic heterocycles. The van der Waals surface area contributed by atoms with E-state index in [2.05, 4.69) is 123 Å². The van der Waals surface area contributed by atoms with E-state index in [1.54, 1.807) is 0 Å². The fraction of sp³-hybridized carbons (Fsp3) is 0.457. The minimum absolute atomic E-state index is 0.0382. The number of amides is 1. The van der Waals surface area contributed by atoms with E-state index in [-0.39, 0.29) is 5.04 Å². The Kier molecular flexibility index (Phi) is 9.86. The monoisotopic (exact) mass is 587 g/mol. The molecule has 1 atom stereocenters. The van der Waals surface area contributed by atoms with Gasteiger partial charge < -0.3 is 14.1 Å². The molecule has 0 bridgehead atoms. The van der Waals surface area contributed by atoms with Crippen LogP contribution in [0.3, 0.4) is 0 Å². The lowest BCUT2D eigenvalue weighted by molar-refractivity contribution is 0.0636. The second-order valence-corrected chi connectivity index (χ2v) is 17.8. The van der Waals surface area contributed by atoms with Crippen LogP contribution in [0.15, 0.2) is 78.9 Å². The first-order valence-corrected chi connectivity index (χ1v) is 17.0. The molecule has 0 saturated heterocycles. The quantitative estimate of drug-likeness (QED) is 0.314. The van der Waals surface area contributed by atoms with Crippen LogP contribution in [0.4, 0.5) is 16.2 Å². The Labute approximate surface area is 254 Å². The summed E-state index contributed by atoms with van der Waals surface area (Å²) in [6, 6.07) is 28.2. The maximum Gasteiger partial charge on any atom is 0.412 e. The summed E-state index contributed by atoms with van der Waals surface area (Å²) in [5, 5.41) is 5.48. The molecule has 0 fully saturated rings. The Morgan fingerprint density at radius 1 is 0.952 bits per heavy atom. The van der Waals surface area contributed by atoms with E-state index in [0.29, 0.717) is 12.6 Å². The number of hydrogen-bond donors (Lipinski definition) is 1. The Morgan fingerprint density at radius 3 is 2.10 bits per heavy atom. The Hall–Kier alpha value is -3.13. The van der Waals surface area contributed by atoms with Crippen molar-refractivity contribution in [1.29, 1.82) is 0 Å². The number of anilines is 2. The summed E-state index contributed by atoms with van der Waals surface area (Å²) in [6.07, 6.45) is 1.54. The van der Waals surface area contributed by atoms with E-state index >= 15 is 0 Å². The van der Waals surface area contributed by atoms with Crippen molar-refractivity contribution in [3.63, 3.8) is 0 Å². The third-order valence-corrected chi connectivity index (χ3v) is 13.2. The van der Waals surface area contributed by atoms with Crippen LogP contribution in [0.5, 0.6) is 0 Å². The number of ether oxygens (including phenoxy) is 1. The number of fused-ring (bicyclic) bond motifs is 1. The number of benzene rings is 3. The molecular formula is C35H49N3O3Si. The van der Waals surface area contributed by atoms with Crippen LogP contribution in [0.25, 0.3) is 0 Å². The first kappa shape index (κ1) is 31.8. The van der Waals surface area contributed by atoms with Crippen molar-refractivity contribution < 1.29 is 14.0 Å². The van der Waals surface area contributed by atoms with Gasteiger partial charge in [0.1, 0.15) is 5.60 Å². The van der Waals surface area contributed by atoms with Gasteiger partial charge in [0.25, 0.3) is 8.32 Å². The highest BCUT2D eigenvalue weighted by atomic mass is 28.4. The van der Waals surface area contributed by atoms with Crippen molar-refractivity contribution in [2.45, 2.75) is 71.1 Å². The summed E-state index contributed by atoms with van der Waals surface area (Å²) >= 11 is 0. The maximum atomic E-state index is 12.3. The molecule has 0 aromatic heterocycles. The third kappa shape index (κ3) is 7.44. The first-order chi connectivity index (χ1) is 19.8. The molecule has 1 heterocycles. The van der Waals surface area contributed by atoms with E-state index in [9.17, 15) is 4.79 Å². The van der Waals surface area contributed by atoms with Crippen molar-refractivity contribution in [3.05, 3.63) is 84.4 Å². The van der Waals surface area contributed by atoms with Crippen molar-refractivity contribution >= 4 is 36.2 Å². The summed E-state index contributed by atoms with van der Waals surface area (Å²) in [4.78, 5) is 17.1. The molecule has 0 radical (unpaired) electrons. The van der Waals surface area contributed by atoms with Gasteiger partial charge in [-0.1, -0.05) is 81.4 Å². The third-order valence-electron chi connectivity index (χ3n) is 8.17. The molecule has 1 amide bonds. The summed E-state index contributed by atoms with van der Waals surface area (Å²) in [6.45, 7) is 15.0. The standard InChI is InChI=1S/C35H49N3O3Si/c1-34(2,3)41-33(39)36-28-20-22-32-27(25-28)19-21-29(26-38(32)8)37(7)23-24-40-42(35(4,5)6,30-15-11-9-12-16-30)31-17-13-10-14-18-31/h9-18,20,22,25,29H,19,21,23-24,26H2,1-8H3,(H,36,39). The minimum Gasteiger partial charge on any atom is -0.444 e. The number of hydrogen-bond acceptors (Lipinski definition) is 5. The first-order valence-electron chi connectivity index (χ1n) is 15.1. The van der Waals surface area contributed by atoms with Gasteiger partial charge >= 0.3 is 6.09 Å². The van der Waals surface area contributed by atoms with E-state index in [1.807, 2.05) is 26.8 Å². The summed E-state index contributed by atoms with van der Waals surface area (Å²) in [5.74, 6) is 0. The van der Waals surface area contributed by atoms with Crippen LogP contribution < -0.4 is 20.6 Å². The highest BCUT2D eigenvalue weighted by Crippen LogP contribution is 2.37. The van der Waals surface area contributed by atoms with Gasteiger partial charge in [0.2, 0.25) is 0 Å². The molecule has 3 aromatic carbocycles. The molecule has 3 aromatic rings. The molecule has 0 saturated carbocycles. The Bertz CT molecular complexity index is 1280. The highest BCUT2D eigenvalue weighted by molar-refractivity contribution is 6.99. The topological polar surface area (TPSA) is 54.0 Å². The number of nitrogens with one attached hydrogen (secondary N) is 1. The second-order valence-electron chi connectivity index (χ2n) is 13.5. The summed E-state index contributed by atoms with van der Waals surface area (Å²) < 4.78 is 12.6. The van der Waals surface area contributed by atoms with Crippen LogP contribution in [-0.2, 0) is 15.6 Å². The number of nitrogens with zero attached hydrogens (tertiary/aromatic N) is 2. The average molecular weight is 588 g/mol. The van der Waals surface area contributed by atoms with Crippen molar-refractivity contribution in [1.82, 2.24) is 4.90 Å². The minimum atomic E-state index is -2.56. The van der Waals surface area contributed by atoms with Gasteiger partial charge in [0.15, 0.2) is 0 Å². The smallest absolute Gasteiger partial charge is 0.412 e. The second kappa shape index (κ2) is 13.0. The SMILES string of the molecule is CN1CC(N(C)CCO[Si](c2ccccc2)(c2ccccc2)C(C)(C)C)CCc2cc(NC(=O)OC(C)(C)C)ccc21. The molecule has 42 heavy (non-hydrogen) atoms. The zero-order chi connectivity index (χ0) is 30.5. The van der Waals surface area contributed by atoms with E-state index in [1.165, 1.54) is 21.6 Å². The molecule has 6 nitrogen and oxygen atoms in total. The van der Waals surface area contributed by atoms with Gasteiger partial charge in [-0.2, -0.15) is 0 Å². The molecule has 7 heteroatoms. The number of carbonyl (C=O) groups is 1. The van der Waals surface area contributed by atoms with Crippen LogP contribution in [0.1, 0.15) is 53.5 Å². The van der Waals surface area contributed by atoms with Gasteiger partial charge in [-0.25, -0.2) is 4.79 Å². The lowest BCUT2D eigenvalue weighted by Crippen LogP contribution is -2.67. The van der Waals surface area contributed by atoms with Crippen molar-refractivity contribution in [2.24, 2.45) is 0 Å². The number of aryl methyl sites for hydroxylation is 1. The predicted molar refractivity (Wildman–Crippen MR) is 178 cm³/mol. The van der Waals surface area contributed by atoms with Gasteiger partial charge in [0.05, 0.1) is 0 Å².